The molecule has 0 unspecified atom stereocenters. The lowest BCUT2D eigenvalue weighted by Gasteiger charge is -2.18. The minimum atomic E-state index is -4.15. The number of carbonyl (C=O) groups excluding carboxylic acids is 2. The molecule has 8 nitrogen and oxygen atoms in total. The summed E-state index contributed by atoms with van der Waals surface area (Å²) >= 11 is 0. The van der Waals surface area contributed by atoms with Crippen molar-refractivity contribution in [2.45, 2.75) is 6.54 Å². The van der Waals surface area contributed by atoms with Gasteiger partial charge in [-0.3, -0.25) is 4.79 Å². The Hall–Kier alpha value is -2.13. The molecule has 2 amide bonds. The third-order valence-corrected chi connectivity index (χ3v) is 4.06. The van der Waals surface area contributed by atoms with Crippen LogP contribution in [0, 0.1) is 0 Å². The van der Waals surface area contributed by atoms with Gasteiger partial charge in [0.15, 0.2) is 0 Å². The predicted molar refractivity (Wildman–Crippen MR) is 69.9 cm³/mol. The molecule has 108 valence electrons. The SMILES string of the molecule is COC(=O)NS(=O)(=O)N1CC(=O)Nc2ccccc2C1. The minimum absolute atomic E-state index is 0.0265. The highest BCUT2D eigenvalue weighted by Gasteiger charge is 2.30. The molecule has 0 atom stereocenters. The van der Waals surface area contributed by atoms with Crippen LogP contribution in [0.25, 0.3) is 0 Å². The van der Waals surface area contributed by atoms with Gasteiger partial charge in [-0.15, -0.1) is 0 Å². The molecule has 0 aliphatic carbocycles. The fourth-order valence-electron chi connectivity index (χ4n) is 1.76. The van der Waals surface area contributed by atoms with Gasteiger partial charge in [-0.05, 0) is 11.6 Å². The molecule has 1 aromatic rings. The van der Waals surface area contributed by atoms with Crippen molar-refractivity contribution in [2.75, 3.05) is 19.0 Å². The average molecular weight is 299 g/mol. The first kappa shape index (κ1) is 14.3. The van der Waals surface area contributed by atoms with Crippen LogP contribution < -0.4 is 10.0 Å². The Morgan fingerprint density at radius 3 is 2.75 bits per heavy atom. The van der Waals surface area contributed by atoms with E-state index in [1.165, 1.54) is 0 Å². The molecule has 0 spiro atoms. The molecule has 2 rings (SSSR count). The van der Waals surface area contributed by atoms with E-state index in [0.29, 0.717) is 11.3 Å². The highest BCUT2D eigenvalue weighted by atomic mass is 32.2. The van der Waals surface area contributed by atoms with E-state index in [0.717, 1.165) is 11.4 Å². The molecular formula is C11H13N3O5S. The van der Waals surface area contributed by atoms with Crippen molar-refractivity contribution in [1.82, 2.24) is 9.03 Å². The van der Waals surface area contributed by atoms with E-state index in [9.17, 15) is 18.0 Å². The number of nitrogens with zero attached hydrogens (tertiary/aromatic N) is 1. The summed E-state index contributed by atoms with van der Waals surface area (Å²) < 4.78 is 30.8. The van der Waals surface area contributed by atoms with E-state index in [1.54, 1.807) is 29.0 Å². The number of nitrogens with one attached hydrogen (secondary N) is 2. The maximum atomic E-state index is 12.0. The molecule has 0 fully saturated rings. The first-order chi connectivity index (χ1) is 9.42. The third kappa shape index (κ3) is 3.06. The summed E-state index contributed by atoms with van der Waals surface area (Å²) in [6.45, 7) is -0.414. The zero-order chi connectivity index (χ0) is 14.8. The fourth-order valence-corrected chi connectivity index (χ4v) is 2.78. The Bertz CT molecular complexity index is 643. The molecule has 2 N–H and O–H groups in total. The number of amides is 2. The molecule has 1 heterocycles. The molecule has 20 heavy (non-hydrogen) atoms. The summed E-state index contributed by atoms with van der Waals surface area (Å²) in [6, 6.07) is 6.84. The number of hydrogen-bond donors (Lipinski definition) is 2. The number of methoxy groups -OCH3 is 1. The van der Waals surface area contributed by atoms with Gasteiger partial charge in [-0.1, -0.05) is 18.2 Å². The highest BCUT2D eigenvalue weighted by Crippen LogP contribution is 2.21. The van der Waals surface area contributed by atoms with Gasteiger partial charge in [0.05, 0.1) is 13.7 Å². The van der Waals surface area contributed by atoms with Gasteiger partial charge < -0.3 is 10.1 Å². The zero-order valence-electron chi connectivity index (χ0n) is 10.6. The number of benzene rings is 1. The van der Waals surface area contributed by atoms with Gasteiger partial charge in [0.25, 0.3) is 0 Å². The molecule has 0 aromatic heterocycles. The molecule has 1 aromatic carbocycles. The number of fused-ring (bicyclic) bond motifs is 1. The summed E-state index contributed by atoms with van der Waals surface area (Å²) in [6.07, 6.45) is -1.11. The zero-order valence-corrected chi connectivity index (χ0v) is 11.4. The largest absolute Gasteiger partial charge is 0.452 e. The third-order valence-electron chi connectivity index (χ3n) is 2.70. The Morgan fingerprint density at radius 2 is 2.05 bits per heavy atom. The molecule has 0 saturated heterocycles. The number of ether oxygens (including phenoxy) is 1. The summed E-state index contributed by atoms with van der Waals surface area (Å²) in [5, 5.41) is 2.60. The van der Waals surface area contributed by atoms with Gasteiger partial charge in [0, 0.05) is 12.2 Å². The predicted octanol–water partition coefficient (Wildman–Crippen LogP) is 0.0415. The smallest absolute Gasteiger partial charge is 0.421 e. The standard InChI is InChI=1S/C11H13N3O5S/c1-19-11(16)13-20(17,18)14-6-8-4-2-3-5-9(8)12-10(15)7-14/h2-5H,6-7H2,1H3,(H,12,15)(H,13,16). The second-order valence-corrected chi connectivity index (χ2v) is 5.74. The summed E-state index contributed by atoms with van der Waals surface area (Å²) in [5.74, 6) is -0.481. The van der Waals surface area contributed by atoms with Crippen LogP contribution >= 0.6 is 0 Å². The summed E-state index contributed by atoms with van der Waals surface area (Å²) in [4.78, 5) is 22.7. The second-order valence-electron chi connectivity index (χ2n) is 4.07. The number of para-hydroxylation sites is 1. The Labute approximate surface area is 115 Å². The molecule has 0 saturated carbocycles. The lowest BCUT2D eigenvalue weighted by molar-refractivity contribution is -0.116. The maximum absolute atomic E-state index is 12.0. The van der Waals surface area contributed by atoms with Gasteiger partial charge in [-0.25, -0.2) is 9.52 Å². The number of rotatable bonds is 2. The van der Waals surface area contributed by atoms with Crippen molar-refractivity contribution in [3.8, 4) is 0 Å². The molecule has 1 aliphatic rings. The van der Waals surface area contributed by atoms with Crippen LogP contribution in [0.2, 0.25) is 0 Å². The summed E-state index contributed by atoms with van der Waals surface area (Å²) in [5.41, 5.74) is 1.18. The molecule has 9 heteroatoms. The van der Waals surface area contributed by atoms with Crippen LogP contribution in [0.15, 0.2) is 24.3 Å². The van der Waals surface area contributed by atoms with Crippen molar-refractivity contribution in [3.05, 3.63) is 29.8 Å². The quantitative estimate of drug-likeness (QED) is 0.802. The lowest BCUT2D eigenvalue weighted by Crippen LogP contribution is -2.45. The van der Waals surface area contributed by atoms with Crippen molar-refractivity contribution < 1.29 is 22.7 Å². The van der Waals surface area contributed by atoms with E-state index in [2.05, 4.69) is 10.1 Å². The van der Waals surface area contributed by atoms with Gasteiger partial charge in [0.2, 0.25) is 5.91 Å². The first-order valence-electron chi connectivity index (χ1n) is 5.66. The number of anilines is 1. The van der Waals surface area contributed by atoms with E-state index < -0.39 is 22.2 Å². The van der Waals surface area contributed by atoms with Crippen LogP contribution in [0.4, 0.5) is 10.5 Å². The van der Waals surface area contributed by atoms with Crippen LogP contribution in [-0.2, 0) is 26.3 Å². The fraction of sp³-hybridized carbons (Fsp3) is 0.273. The highest BCUT2D eigenvalue weighted by molar-refractivity contribution is 7.87. The summed E-state index contributed by atoms with van der Waals surface area (Å²) in [7, 11) is -3.09. The van der Waals surface area contributed by atoms with E-state index in [1.807, 2.05) is 0 Å². The van der Waals surface area contributed by atoms with Crippen molar-refractivity contribution in [2.24, 2.45) is 0 Å². The van der Waals surface area contributed by atoms with Crippen molar-refractivity contribution in [1.29, 1.82) is 0 Å². The lowest BCUT2D eigenvalue weighted by atomic mass is 10.2. The van der Waals surface area contributed by atoms with Gasteiger partial charge in [0.1, 0.15) is 0 Å². The second kappa shape index (κ2) is 5.47. The average Bonchev–Trinajstić information content (AvgIpc) is 2.56. The number of carbonyl (C=O) groups is 2. The first-order valence-corrected chi connectivity index (χ1v) is 7.10. The minimum Gasteiger partial charge on any atom is -0.452 e. The van der Waals surface area contributed by atoms with Crippen LogP contribution in [0.5, 0.6) is 0 Å². The van der Waals surface area contributed by atoms with Crippen molar-refractivity contribution >= 4 is 27.9 Å². The van der Waals surface area contributed by atoms with E-state index in [-0.39, 0.29) is 13.1 Å². The molecule has 0 radical (unpaired) electrons. The topological polar surface area (TPSA) is 105 Å². The van der Waals surface area contributed by atoms with Crippen molar-refractivity contribution in [3.63, 3.8) is 0 Å². The maximum Gasteiger partial charge on any atom is 0.421 e. The van der Waals surface area contributed by atoms with E-state index in [4.69, 9.17) is 0 Å². The van der Waals surface area contributed by atoms with Gasteiger partial charge in [-0.2, -0.15) is 12.7 Å². The van der Waals surface area contributed by atoms with Crippen LogP contribution in [0.1, 0.15) is 5.56 Å². The molecule has 0 bridgehead atoms. The van der Waals surface area contributed by atoms with Gasteiger partial charge >= 0.3 is 16.3 Å². The normalized spacial score (nSPS) is 15.8. The Kier molecular flexibility index (Phi) is 3.91. The van der Waals surface area contributed by atoms with Crippen LogP contribution in [0.3, 0.4) is 0 Å². The molecular weight excluding hydrogens is 286 g/mol. The monoisotopic (exact) mass is 299 g/mol. The Morgan fingerprint density at radius 1 is 1.35 bits per heavy atom. The van der Waals surface area contributed by atoms with Crippen LogP contribution in [-0.4, -0.2) is 38.4 Å². The van der Waals surface area contributed by atoms with E-state index >= 15 is 0 Å². The Balaban J connectivity index is 2.29. The number of hydrogen-bond acceptors (Lipinski definition) is 5. The molecule has 1 aliphatic heterocycles.